The zero-order valence-electron chi connectivity index (χ0n) is 17.3. The van der Waals surface area contributed by atoms with Crippen LogP contribution in [0.5, 0.6) is 0 Å². The van der Waals surface area contributed by atoms with Crippen molar-refractivity contribution in [2.75, 3.05) is 26.2 Å². The molecule has 2 aliphatic heterocycles. The first-order valence-corrected chi connectivity index (χ1v) is 10.7. The molecule has 3 aromatic rings. The molecule has 2 aromatic heterocycles. The van der Waals surface area contributed by atoms with Crippen LogP contribution in [-0.4, -0.2) is 62.0 Å². The van der Waals surface area contributed by atoms with E-state index in [4.69, 9.17) is 0 Å². The quantitative estimate of drug-likeness (QED) is 0.670. The second-order valence-corrected chi connectivity index (χ2v) is 8.69. The first-order valence-electron chi connectivity index (χ1n) is 10.7. The van der Waals surface area contributed by atoms with Gasteiger partial charge in [0.05, 0.1) is 11.6 Å². The van der Waals surface area contributed by atoms with Crippen molar-refractivity contribution < 1.29 is 9.59 Å². The van der Waals surface area contributed by atoms with Gasteiger partial charge in [0.25, 0.3) is 5.91 Å². The lowest BCUT2D eigenvalue weighted by molar-refractivity contribution is -0.151. The van der Waals surface area contributed by atoms with E-state index in [1.54, 1.807) is 15.6 Å². The van der Waals surface area contributed by atoms with Gasteiger partial charge >= 0.3 is 0 Å². The van der Waals surface area contributed by atoms with Crippen LogP contribution in [-0.2, 0) is 18.3 Å². The van der Waals surface area contributed by atoms with Crippen LogP contribution in [0.4, 0.5) is 0 Å². The van der Waals surface area contributed by atoms with E-state index in [1.165, 1.54) is 6.42 Å². The average molecular weight is 406 g/mol. The van der Waals surface area contributed by atoms with Crippen molar-refractivity contribution in [1.29, 1.82) is 0 Å². The maximum atomic E-state index is 13.6. The van der Waals surface area contributed by atoms with E-state index in [0.717, 1.165) is 37.1 Å². The Labute approximate surface area is 175 Å². The summed E-state index contributed by atoms with van der Waals surface area (Å²) in [6.07, 6.45) is 9.34. The number of piperidine rings is 1. The van der Waals surface area contributed by atoms with Crippen LogP contribution in [0.15, 0.2) is 48.9 Å². The summed E-state index contributed by atoms with van der Waals surface area (Å²) in [4.78, 5) is 30.6. The number of benzene rings is 1. The van der Waals surface area contributed by atoms with E-state index >= 15 is 0 Å². The van der Waals surface area contributed by atoms with Crippen LogP contribution in [0.3, 0.4) is 0 Å². The summed E-state index contributed by atoms with van der Waals surface area (Å²) < 4.78 is 3.61. The monoisotopic (exact) mass is 405 g/mol. The molecule has 0 N–H and O–H groups in total. The molecule has 7 nitrogen and oxygen atoms in total. The molecule has 0 saturated carbocycles. The number of fused-ring (bicyclic) bond motifs is 1. The summed E-state index contributed by atoms with van der Waals surface area (Å²) in [5, 5.41) is 4.29. The molecule has 0 spiro atoms. The maximum absolute atomic E-state index is 13.6. The Morgan fingerprint density at radius 1 is 1.00 bits per heavy atom. The SMILES string of the molecule is Cn1ccn2ncc(C(=O)N3CC(Cc4ccccc4)(C(=O)N4CCCCC4)C3)c12. The maximum Gasteiger partial charge on any atom is 0.259 e. The van der Waals surface area contributed by atoms with E-state index in [0.29, 0.717) is 25.1 Å². The number of hydrogen-bond donors (Lipinski definition) is 0. The number of nitrogens with zero attached hydrogens (tertiary/aromatic N) is 5. The molecule has 0 radical (unpaired) electrons. The van der Waals surface area contributed by atoms with Crippen LogP contribution < -0.4 is 0 Å². The number of aryl methyl sites for hydroxylation is 1. The number of hydrogen-bond acceptors (Lipinski definition) is 3. The fraction of sp³-hybridized carbons (Fsp3) is 0.435. The van der Waals surface area contributed by atoms with E-state index in [9.17, 15) is 9.59 Å². The Kier molecular flexibility index (Phi) is 4.60. The molecule has 1 aromatic carbocycles. The smallest absolute Gasteiger partial charge is 0.259 e. The summed E-state index contributed by atoms with van der Waals surface area (Å²) >= 11 is 0. The molecule has 30 heavy (non-hydrogen) atoms. The van der Waals surface area contributed by atoms with Crippen molar-refractivity contribution >= 4 is 17.5 Å². The molecule has 2 saturated heterocycles. The Morgan fingerprint density at radius 2 is 1.73 bits per heavy atom. The molecule has 156 valence electrons. The Bertz CT molecular complexity index is 1070. The second-order valence-electron chi connectivity index (χ2n) is 8.69. The van der Waals surface area contributed by atoms with Gasteiger partial charge < -0.3 is 14.4 Å². The first-order chi connectivity index (χ1) is 14.6. The molecular weight excluding hydrogens is 378 g/mol. The van der Waals surface area contributed by atoms with Crippen LogP contribution in [0.1, 0.15) is 35.2 Å². The van der Waals surface area contributed by atoms with E-state index < -0.39 is 5.41 Å². The number of rotatable bonds is 4. The molecular formula is C23H27N5O2. The normalized spacial score (nSPS) is 18.4. The van der Waals surface area contributed by atoms with Crippen LogP contribution >= 0.6 is 0 Å². The van der Waals surface area contributed by atoms with Gasteiger partial charge in [0.2, 0.25) is 5.91 Å². The van der Waals surface area contributed by atoms with Gasteiger partial charge in [-0.05, 0) is 31.2 Å². The summed E-state index contributed by atoms with van der Waals surface area (Å²) in [5.74, 6) is 0.149. The number of carbonyl (C=O) groups is 2. The molecule has 2 fully saturated rings. The highest BCUT2D eigenvalue weighted by Gasteiger charge is 2.52. The highest BCUT2D eigenvalue weighted by molar-refractivity contribution is 6.01. The first kappa shape index (κ1) is 18.9. The summed E-state index contributed by atoms with van der Waals surface area (Å²) in [5.41, 5.74) is 1.98. The summed E-state index contributed by atoms with van der Waals surface area (Å²) in [7, 11) is 1.91. The lowest BCUT2D eigenvalue weighted by Gasteiger charge is -2.51. The zero-order valence-corrected chi connectivity index (χ0v) is 17.3. The van der Waals surface area contributed by atoms with Crippen LogP contribution in [0.25, 0.3) is 5.65 Å². The Hall–Kier alpha value is -3.09. The van der Waals surface area contributed by atoms with Crippen molar-refractivity contribution in [3.05, 3.63) is 60.0 Å². The molecule has 0 bridgehead atoms. The minimum atomic E-state index is -0.533. The number of likely N-dealkylation sites (tertiary alicyclic amines) is 2. The van der Waals surface area contributed by atoms with Gasteiger partial charge in [0.15, 0.2) is 0 Å². The minimum absolute atomic E-state index is 0.0538. The highest BCUT2D eigenvalue weighted by atomic mass is 16.2. The largest absolute Gasteiger partial charge is 0.342 e. The van der Waals surface area contributed by atoms with Gasteiger partial charge in [0, 0.05) is 45.6 Å². The molecule has 2 amide bonds. The number of carbonyl (C=O) groups excluding carboxylic acids is 2. The molecule has 0 unspecified atom stereocenters. The lowest BCUT2D eigenvalue weighted by Crippen LogP contribution is -2.66. The fourth-order valence-corrected chi connectivity index (χ4v) is 4.94. The predicted octanol–water partition coefficient (Wildman–Crippen LogP) is 2.37. The molecule has 0 aliphatic carbocycles. The molecule has 5 rings (SSSR count). The van der Waals surface area contributed by atoms with Crippen molar-refractivity contribution in [1.82, 2.24) is 24.0 Å². The van der Waals surface area contributed by atoms with E-state index in [2.05, 4.69) is 17.2 Å². The van der Waals surface area contributed by atoms with E-state index in [-0.39, 0.29) is 11.8 Å². The van der Waals surface area contributed by atoms with Crippen molar-refractivity contribution in [2.45, 2.75) is 25.7 Å². The van der Waals surface area contributed by atoms with Crippen LogP contribution in [0, 0.1) is 5.41 Å². The van der Waals surface area contributed by atoms with Crippen LogP contribution in [0.2, 0.25) is 0 Å². The third kappa shape index (κ3) is 3.09. The number of amides is 2. The van der Waals surface area contributed by atoms with Gasteiger partial charge in [-0.2, -0.15) is 5.10 Å². The third-order valence-corrected chi connectivity index (χ3v) is 6.52. The van der Waals surface area contributed by atoms with Gasteiger partial charge in [-0.25, -0.2) is 4.52 Å². The highest BCUT2D eigenvalue weighted by Crippen LogP contribution is 2.38. The van der Waals surface area contributed by atoms with Gasteiger partial charge in [-0.15, -0.1) is 0 Å². The van der Waals surface area contributed by atoms with Crippen molar-refractivity contribution in [3.8, 4) is 0 Å². The van der Waals surface area contributed by atoms with Crippen molar-refractivity contribution in [3.63, 3.8) is 0 Å². The molecule has 2 aliphatic rings. The second kappa shape index (κ2) is 7.31. The molecule has 4 heterocycles. The summed E-state index contributed by atoms with van der Waals surface area (Å²) in [6, 6.07) is 10.1. The number of imidazole rings is 1. The lowest BCUT2D eigenvalue weighted by atomic mass is 9.73. The predicted molar refractivity (Wildman–Crippen MR) is 113 cm³/mol. The Balaban J connectivity index is 1.39. The Morgan fingerprint density at radius 3 is 2.47 bits per heavy atom. The zero-order chi connectivity index (χ0) is 20.7. The summed E-state index contributed by atoms with van der Waals surface area (Å²) in [6.45, 7) is 2.57. The third-order valence-electron chi connectivity index (χ3n) is 6.52. The standard InChI is InChI=1S/C23H27N5O2/c1-25-12-13-28-20(25)19(15-24-28)21(29)27-16-23(17-27,14-18-8-4-2-5-9-18)22(30)26-10-6-3-7-11-26/h2,4-5,8-9,12-13,15H,3,6-7,10-11,14,16-17H2,1H3. The number of aromatic nitrogens is 3. The topological polar surface area (TPSA) is 62.9 Å². The van der Waals surface area contributed by atoms with Gasteiger partial charge in [0.1, 0.15) is 11.2 Å². The van der Waals surface area contributed by atoms with Gasteiger partial charge in [-0.3, -0.25) is 9.59 Å². The van der Waals surface area contributed by atoms with E-state index in [1.807, 2.05) is 47.1 Å². The molecule has 0 atom stereocenters. The molecule has 7 heteroatoms. The van der Waals surface area contributed by atoms with Crippen molar-refractivity contribution in [2.24, 2.45) is 12.5 Å². The fourth-order valence-electron chi connectivity index (χ4n) is 4.94. The minimum Gasteiger partial charge on any atom is -0.342 e. The van der Waals surface area contributed by atoms with Gasteiger partial charge in [-0.1, -0.05) is 30.3 Å². The average Bonchev–Trinajstić information content (AvgIpc) is 3.34.